The molecule has 0 radical (unpaired) electrons. The number of ether oxygens (including phenoxy) is 1. The summed E-state index contributed by atoms with van der Waals surface area (Å²) >= 11 is 0. The van der Waals surface area contributed by atoms with Gasteiger partial charge in [-0.2, -0.15) is 13.2 Å². The number of nitrogens with one attached hydrogen (secondary N) is 1. The van der Waals surface area contributed by atoms with Gasteiger partial charge in [0.15, 0.2) is 9.84 Å². The molecule has 2 N–H and O–H groups in total. The van der Waals surface area contributed by atoms with Gasteiger partial charge in [0.2, 0.25) is 0 Å². The normalized spacial score (nSPS) is 11.8. The van der Waals surface area contributed by atoms with Crippen molar-refractivity contribution in [2.24, 2.45) is 0 Å². The summed E-state index contributed by atoms with van der Waals surface area (Å²) in [6.45, 7) is 1.91. The molecule has 14 heteroatoms. The average Bonchev–Trinajstić information content (AvgIpc) is 3.27. The molecule has 0 aliphatic rings. The fourth-order valence-corrected chi connectivity index (χ4v) is 3.83. The van der Waals surface area contributed by atoms with E-state index in [0.717, 1.165) is 23.2 Å². The number of alkyl halides is 3. The highest BCUT2D eigenvalue weighted by atomic mass is 32.2. The number of carboxylic acid groups (broad SMARTS) is 1. The predicted molar refractivity (Wildman–Crippen MR) is 133 cm³/mol. The number of aromatic amines is 1. The Labute approximate surface area is 214 Å². The molecular formula is C24H21F3N4O6S. The molecule has 4 rings (SSSR count). The molecule has 0 bridgehead atoms. The molecule has 0 atom stereocenters. The molecule has 0 unspecified atom stereocenters. The number of rotatable bonds is 5. The van der Waals surface area contributed by atoms with Crippen molar-refractivity contribution in [3.63, 3.8) is 0 Å². The summed E-state index contributed by atoms with van der Waals surface area (Å²) in [6, 6.07) is 9.95. The highest BCUT2D eigenvalue weighted by Gasteiger charge is 2.38. The Hall–Kier alpha value is -4.46. The summed E-state index contributed by atoms with van der Waals surface area (Å²) in [5.41, 5.74) is 2.56. The van der Waals surface area contributed by atoms with Gasteiger partial charge in [0.25, 0.3) is 5.56 Å². The first kappa shape index (κ1) is 28.1. The zero-order chi connectivity index (χ0) is 28.3. The fraction of sp³-hybridized carbons (Fsp3) is 0.167. The Kier molecular flexibility index (Phi) is 8.05. The van der Waals surface area contributed by atoms with E-state index in [4.69, 9.17) is 14.6 Å². The maximum Gasteiger partial charge on any atom is 0.490 e. The lowest BCUT2D eigenvalue weighted by molar-refractivity contribution is -0.192. The Bertz CT molecular complexity index is 1690. The summed E-state index contributed by atoms with van der Waals surface area (Å²) in [7, 11) is -1.80. The van der Waals surface area contributed by atoms with E-state index in [2.05, 4.69) is 15.0 Å². The van der Waals surface area contributed by atoms with Gasteiger partial charge in [0, 0.05) is 12.5 Å². The second kappa shape index (κ2) is 10.9. The largest absolute Gasteiger partial charge is 0.495 e. The molecule has 2 heterocycles. The number of benzene rings is 2. The minimum absolute atomic E-state index is 0.114. The van der Waals surface area contributed by atoms with E-state index in [1.54, 1.807) is 25.6 Å². The first-order chi connectivity index (χ1) is 17.7. The molecule has 0 spiro atoms. The van der Waals surface area contributed by atoms with Gasteiger partial charge in [-0.05, 0) is 48.9 Å². The van der Waals surface area contributed by atoms with Crippen molar-refractivity contribution in [2.75, 3.05) is 13.4 Å². The number of H-pyrrole nitrogens is 1. The van der Waals surface area contributed by atoms with Crippen LogP contribution in [0.15, 0.2) is 58.6 Å². The lowest BCUT2D eigenvalue weighted by atomic mass is 10.1. The summed E-state index contributed by atoms with van der Waals surface area (Å²) in [5.74, 6) is -1.78. The maximum atomic E-state index is 12.4. The number of fused-ring (bicyclic) bond motifs is 1. The Balaban J connectivity index is 0.000000505. The van der Waals surface area contributed by atoms with Crippen LogP contribution >= 0.6 is 0 Å². The summed E-state index contributed by atoms with van der Waals surface area (Å²) in [5, 5.41) is 7.45. The Morgan fingerprint density at radius 1 is 1.16 bits per heavy atom. The van der Waals surface area contributed by atoms with Gasteiger partial charge in [0.05, 0.1) is 40.6 Å². The van der Waals surface area contributed by atoms with Gasteiger partial charge in [0.1, 0.15) is 11.6 Å². The third-order valence-electron chi connectivity index (χ3n) is 4.99. The number of carbonyl (C=O) groups is 1. The van der Waals surface area contributed by atoms with Crippen LogP contribution in [0.25, 0.3) is 28.7 Å². The molecular weight excluding hydrogens is 529 g/mol. The van der Waals surface area contributed by atoms with Crippen molar-refractivity contribution in [3.05, 3.63) is 76.4 Å². The number of aliphatic carboxylic acids is 1. The molecule has 0 saturated carbocycles. The number of sulfone groups is 1. The number of halogens is 3. The Morgan fingerprint density at radius 2 is 1.84 bits per heavy atom. The van der Waals surface area contributed by atoms with E-state index >= 15 is 0 Å². The lowest BCUT2D eigenvalue weighted by Gasteiger charge is -2.10. The van der Waals surface area contributed by atoms with E-state index in [1.165, 1.54) is 18.2 Å². The molecule has 0 fully saturated rings. The van der Waals surface area contributed by atoms with Crippen molar-refractivity contribution in [1.29, 1.82) is 0 Å². The quantitative estimate of drug-likeness (QED) is 0.383. The van der Waals surface area contributed by atoms with Crippen molar-refractivity contribution in [3.8, 4) is 11.4 Å². The van der Waals surface area contributed by atoms with Crippen molar-refractivity contribution in [2.45, 2.75) is 18.0 Å². The van der Waals surface area contributed by atoms with Crippen LogP contribution in [-0.2, 0) is 14.6 Å². The zero-order valence-corrected chi connectivity index (χ0v) is 21.0. The smallest absolute Gasteiger partial charge is 0.490 e. The van der Waals surface area contributed by atoms with Crippen LogP contribution in [0.2, 0.25) is 0 Å². The minimum Gasteiger partial charge on any atom is -0.495 e. The SMILES string of the molecule is COc1cc(C=Cc2nc3cc(S(C)(=O)=O)ccc3c(=O)[nH]2)ccc1-n1cnc(C)c1.O=C(O)C(F)(F)F. The predicted octanol–water partition coefficient (Wildman–Crippen LogP) is 3.63. The van der Waals surface area contributed by atoms with Gasteiger partial charge in [-0.15, -0.1) is 0 Å². The van der Waals surface area contributed by atoms with E-state index in [9.17, 15) is 26.4 Å². The van der Waals surface area contributed by atoms with Crippen molar-refractivity contribution >= 4 is 38.9 Å². The van der Waals surface area contributed by atoms with Gasteiger partial charge in [-0.3, -0.25) is 4.79 Å². The number of aromatic nitrogens is 4. The summed E-state index contributed by atoms with van der Waals surface area (Å²) < 4.78 is 62.7. The van der Waals surface area contributed by atoms with Gasteiger partial charge >= 0.3 is 12.1 Å². The minimum atomic E-state index is -5.08. The van der Waals surface area contributed by atoms with E-state index in [1.807, 2.05) is 35.9 Å². The molecule has 0 amide bonds. The topological polar surface area (TPSA) is 144 Å². The number of hydrogen-bond acceptors (Lipinski definition) is 7. The molecule has 2 aromatic carbocycles. The van der Waals surface area contributed by atoms with Crippen LogP contribution < -0.4 is 10.3 Å². The van der Waals surface area contributed by atoms with E-state index in [-0.39, 0.29) is 10.5 Å². The number of methoxy groups -OCH3 is 1. The van der Waals surface area contributed by atoms with Crippen LogP contribution in [0.3, 0.4) is 0 Å². The van der Waals surface area contributed by atoms with Crippen LogP contribution in [0.5, 0.6) is 5.75 Å². The van der Waals surface area contributed by atoms with E-state index < -0.39 is 22.0 Å². The van der Waals surface area contributed by atoms with Gasteiger partial charge in [-0.1, -0.05) is 12.1 Å². The summed E-state index contributed by atoms with van der Waals surface area (Å²) in [6.07, 6.45) is 3.10. The third-order valence-corrected chi connectivity index (χ3v) is 6.10. The van der Waals surface area contributed by atoms with Gasteiger partial charge in [-0.25, -0.2) is 23.2 Å². The van der Waals surface area contributed by atoms with Crippen LogP contribution in [0, 0.1) is 6.92 Å². The third kappa shape index (κ3) is 6.85. The number of imidazole rings is 1. The number of hydrogen-bond donors (Lipinski definition) is 2. The highest BCUT2D eigenvalue weighted by molar-refractivity contribution is 7.90. The molecule has 2 aromatic heterocycles. The molecule has 38 heavy (non-hydrogen) atoms. The first-order valence-electron chi connectivity index (χ1n) is 10.6. The van der Waals surface area contributed by atoms with E-state index in [0.29, 0.717) is 22.5 Å². The monoisotopic (exact) mass is 550 g/mol. The average molecular weight is 551 g/mol. The second-order valence-corrected chi connectivity index (χ2v) is 9.91. The highest BCUT2D eigenvalue weighted by Crippen LogP contribution is 2.25. The molecule has 10 nitrogen and oxygen atoms in total. The molecule has 0 aliphatic carbocycles. The molecule has 0 aliphatic heterocycles. The summed E-state index contributed by atoms with van der Waals surface area (Å²) in [4.78, 5) is 32.7. The van der Waals surface area contributed by atoms with Crippen LogP contribution in [0.1, 0.15) is 17.1 Å². The maximum absolute atomic E-state index is 12.4. The van der Waals surface area contributed by atoms with Crippen LogP contribution in [0.4, 0.5) is 13.2 Å². The molecule has 4 aromatic rings. The van der Waals surface area contributed by atoms with Crippen LogP contribution in [-0.4, -0.2) is 58.6 Å². The lowest BCUT2D eigenvalue weighted by Crippen LogP contribution is -2.21. The van der Waals surface area contributed by atoms with Gasteiger partial charge < -0.3 is 19.4 Å². The Morgan fingerprint density at radius 3 is 2.39 bits per heavy atom. The second-order valence-electron chi connectivity index (χ2n) is 7.89. The molecule has 200 valence electrons. The number of aryl methyl sites for hydroxylation is 1. The first-order valence-corrected chi connectivity index (χ1v) is 12.5. The van der Waals surface area contributed by atoms with Crippen molar-refractivity contribution < 1.29 is 36.2 Å². The van der Waals surface area contributed by atoms with Crippen molar-refractivity contribution in [1.82, 2.24) is 19.5 Å². The molecule has 0 saturated heterocycles. The zero-order valence-electron chi connectivity index (χ0n) is 20.1. The number of nitrogens with zero attached hydrogens (tertiary/aromatic N) is 3. The fourth-order valence-electron chi connectivity index (χ4n) is 3.19. The standard InChI is InChI=1S/C22H20N4O4S.C2HF3O2/c1-14-12-26(13-23-14)19-8-4-15(10-20(19)30-2)5-9-21-24-18-11-16(31(3,28)29)6-7-17(18)22(27)25-21;3-2(4,5)1(6)7/h4-13H,1-3H3,(H,24,25,27);(H,6,7). The number of carboxylic acids is 1.